The van der Waals surface area contributed by atoms with E-state index in [9.17, 15) is 0 Å². The third-order valence-electron chi connectivity index (χ3n) is 3.66. The Bertz CT molecular complexity index is 375. The van der Waals surface area contributed by atoms with E-state index in [0.29, 0.717) is 6.04 Å². The summed E-state index contributed by atoms with van der Waals surface area (Å²) in [6.07, 6.45) is 2.10. The van der Waals surface area contributed by atoms with Gasteiger partial charge in [0.25, 0.3) is 0 Å². The van der Waals surface area contributed by atoms with Gasteiger partial charge in [0.1, 0.15) is 0 Å². The Morgan fingerprint density at radius 3 is 2.82 bits per heavy atom. The van der Waals surface area contributed by atoms with Crippen molar-refractivity contribution >= 4 is 0 Å². The highest BCUT2D eigenvalue weighted by molar-refractivity contribution is 5.35. The predicted molar refractivity (Wildman–Crippen MR) is 71.0 cm³/mol. The third kappa shape index (κ3) is 2.53. The number of nitrogens with one attached hydrogen (secondary N) is 1. The van der Waals surface area contributed by atoms with Crippen LogP contribution in [0.15, 0.2) is 24.3 Å². The zero-order valence-electron chi connectivity index (χ0n) is 11.1. The lowest BCUT2D eigenvalue weighted by Gasteiger charge is -2.29. The molecule has 1 atom stereocenters. The van der Waals surface area contributed by atoms with Crippen LogP contribution in [0.25, 0.3) is 0 Å². The predicted octanol–water partition coefficient (Wildman–Crippen LogP) is 3.21. The van der Waals surface area contributed by atoms with Gasteiger partial charge < -0.3 is 10.1 Å². The zero-order chi connectivity index (χ0) is 12.3. The van der Waals surface area contributed by atoms with Gasteiger partial charge in [-0.15, -0.1) is 0 Å². The summed E-state index contributed by atoms with van der Waals surface area (Å²) in [6.45, 7) is 8.37. The van der Waals surface area contributed by atoms with Crippen LogP contribution in [0.3, 0.4) is 0 Å². The van der Waals surface area contributed by atoms with Crippen molar-refractivity contribution in [2.45, 2.75) is 51.9 Å². The molecule has 0 bridgehead atoms. The lowest BCUT2D eigenvalue weighted by atomic mass is 9.87. The van der Waals surface area contributed by atoms with E-state index in [-0.39, 0.29) is 5.60 Å². The average Bonchev–Trinajstić information content (AvgIpc) is 2.69. The van der Waals surface area contributed by atoms with Crippen molar-refractivity contribution in [2.24, 2.45) is 0 Å². The molecule has 1 aromatic rings. The van der Waals surface area contributed by atoms with Crippen molar-refractivity contribution in [3.05, 3.63) is 35.4 Å². The van der Waals surface area contributed by atoms with E-state index in [1.165, 1.54) is 11.1 Å². The molecular weight excluding hydrogens is 210 g/mol. The van der Waals surface area contributed by atoms with Crippen LogP contribution >= 0.6 is 0 Å². The molecule has 1 aromatic carbocycles. The molecule has 1 N–H and O–H groups in total. The van der Waals surface area contributed by atoms with Crippen LogP contribution in [0.2, 0.25) is 0 Å². The zero-order valence-corrected chi connectivity index (χ0v) is 11.1. The molecule has 0 spiro atoms. The monoisotopic (exact) mass is 233 g/mol. The van der Waals surface area contributed by atoms with Gasteiger partial charge in [-0.25, -0.2) is 0 Å². The second kappa shape index (κ2) is 5.19. The molecule has 1 heterocycles. The van der Waals surface area contributed by atoms with Crippen molar-refractivity contribution < 1.29 is 4.74 Å². The minimum Gasteiger partial charge on any atom is -0.366 e. The minimum absolute atomic E-state index is 0.0571. The molecule has 2 rings (SSSR count). The highest BCUT2D eigenvalue weighted by Gasteiger charge is 2.37. The average molecular weight is 233 g/mol. The lowest BCUT2D eigenvalue weighted by molar-refractivity contribution is -0.0471. The Hall–Kier alpha value is -0.860. The Morgan fingerprint density at radius 2 is 2.12 bits per heavy atom. The summed E-state index contributed by atoms with van der Waals surface area (Å²) in [5.74, 6) is 0. The van der Waals surface area contributed by atoms with Crippen molar-refractivity contribution in [2.75, 3.05) is 6.54 Å². The van der Waals surface area contributed by atoms with Crippen LogP contribution in [0.4, 0.5) is 0 Å². The van der Waals surface area contributed by atoms with E-state index in [1.54, 1.807) is 0 Å². The van der Waals surface area contributed by atoms with E-state index < -0.39 is 0 Å². The van der Waals surface area contributed by atoms with E-state index in [1.807, 2.05) is 0 Å². The second-order valence-electron chi connectivity index (χ2n) is 5.15. The smallest absolute Gasteiger partial charge is 0.0948 e. The van der Waals surface area contributed by atoms with Crippen molar-refractivity contribution in [3.63, 3.8) is 0 Å². The van der Waals surface area contributed by atoms with Crippen LogP contribution in [-0.4, -0.2) is 12.6 Å². The highest BCUT2D eigenvalue weighted by atomic mass is 16.5. The van der Waals surface area contributed by atoms with Gasteiger partial charge >= 0.3 is 0 Å². The number of fused-ring (bicyclic) bond motifs is 1. The van der Waals surface area contributed by atoms with Gasteiger partial charge in [-0.1, -0.05) is 45.0 Å². The molecule has 1 unspecified atom stereocenters. The van der Waals surface area contributed by atoms with E-state index in [0.717, 1.165) is 26.0 Å². The quantitative estimate of drug-likeness (QED) is 0.843. The summed E-state index contributed by atoms with van der Waals surface area (Å²) in [5, 5.41) is 3.48. The van der Waals surface area contributed by atoms with Crippen LogP contribution in [0.5, 0.6) is 0 Å². The van der Waals surface area contributed by atoms with Crippen LogP contribution in [0.1, 0.15) is 44.7 Å². The van der Waals surface area contributed by atoms with Crippen LogP contribution in [-0.2, 0) is 16.9 Å². The Balaban J connectivity index is 2.11. The minimum atomic E-state index is -0.0571. The van der Waals surface area contributed by atoms with Gasteiger partial charge in [-0.05, 0) is 30.5 Å². The molecule has 2 nitrogen and oxygen atoms in total. The molecular formula is C15H23NO. The van der Waals surface area contributed by atoms with Gasteiger partial charge in [0.15, 0.2) is 0 Å². The van der Waals surface area contributed by atoms with Gasteiger partial charge in [-0.3, -0.25) is 0 Å². The summed E-state index contributed by atoms with van der Waals surface area (Å²) in [5.41, 5.74) is 2.70. The Morgan fingerprint density at radius 1 is 1.35 bits per heavy atom. The Kier molecular flexibility index (Phi) is 3.85. The van der Waals surface area contributed by atoms with E-state index >= 15 is 0 Å². The first-order chi connectivity index (χ1) is 8.18. The molecule has 94 valence electrons. The molecule has 0 radical (unpaired) electrons. The van der Waals surface area contributed by atoms with Gasteiger partial charge in [-0.2, -0.15) is 0 Å². The number of benzene rings is 1. The molecule has 0 aliphatic carbocycles. The highest BCUT2D eigenvalue weighted by Crippen LogP contribution is 2.41. The van der Waals surface area contributed by atoms with Crippen LogP contribution < -0.4 is 5.32 Å². The Labute approximate surface area is 104 Å². The van der Waals surface area contributed by atoms with Crippen molar-refractivity contribution in [1.29, 1.82) is 0 Å². The standard InChI is InChI=1S/C15H23NO/c1-4-15(9-10-16-12(2)3)14-8-6-5-7-13(14)11-17-15/h5-8,12,16H,4,9-11H2,1-3H3. The summed E-state index contributed by atoms with van der Waals surface area (Å²) in [4.78, 5) is 0. The van der Waals surface area contributed by atoms with Gasteiger partial charge in [0.2, 0.25) is 0 Å². The first kappa shape index (κ1) is 12.6. The third-order valence-corrected chi connectivity index (χ3v) is 3.66. The maximum Gasteiger partial charge on any atom is 0.0948 e. The molecule has 2 heteroatoms. The molecule has 0 fully saturated rings. The number of hydrogen-bond donors (Lipinski definition) is 1. The molecule has 0 amide bonds. The number of rotatable bonds is 5. The SMILES string of the molecule is CCC1(CCNC(C)C)OCc2ccccc21. The largest absolute Gasteiger partial charge is 0.366 e. The summed E-state index contributed by atoms with van der Waals surface area (Å²) in [7, 11) is 0. The molecule has 1 aliphatic rings. The second-order valence-corrected chi connectivity index (χ2v) is 5.15. The number of hydrogen-bond acceptors (Lipinski definition) is 2. The van der Waals surface area contributed by atoms with E-state index in [4.69, 9.17) is 4.74 Å². The first-order valence-corrected chi connectivity index (χ1v) is 6.63. The maximum atomic E-state index is 6.10. The fourth-order valence-electron chi connectivity index (χ4n) is 2.62. The van der Waals surface area contributed by atoms with Crippen LogP contribution in [0, 0.1) is 0 Å². The van der Waals surface area contributed by atoms with Gasteiger partial charge in [0, 0.05) is 6.04 Å². The topological polar surface area (TPSA) is 21.3 Å². The molecule has 0 saturated carbocycles. The molecule has 0 aromatic heterocycles. The number of ether oxygens (including phenoxy) is 1. The fourth-order valence-corrected chi connectivity index (χ4v) is 2.62. The van der Waals surface area contributed by atoms with Crippen molar-refractivity contribution in [3.8, 4) is 0 Å². The lowest BCUT2D eigenvalue weighted by Crippen LogP contribution is -2.32. The van der Waals surface area contributed by atoms with E-state index in [2.05, 4.69) is 50.4 Å². The van der Waals surface area contributed by atoms with Crippen molar-refractivity contribution in [1.82, 2.24) is 5.32 Å². The first-order valence-electron chi connectivity index (χ1n) is 6.63. The molecule has 1 aliphatic heterocycles. The summed E-state index contributed by atoms with van der Waals surface area (Å²) >= 11 is 0. The molecule has 17 heavy (non-hydrogen) atoms. The summed E-state index contributed by atoms with van der Waals surface area (Å²) < 4.78 is 6.10. The van der Waals surface area contributed by atoms with Gasteiger partial charge in [0.05, 0.1) is 12.2 Å². The normalized spacial score (nSPS) is 23.1. The molecule has 0 saturated heterocycles. The fraction of sp³-hybridized carbons (Fsp3) is 0.600. The summed E-state index contributed by atoms with van der Waals surface area (Å²) in [6, 6.07) is 9.17. The maximum absolute atomic E-state index is 6.10.